The van der Waals surface area contributed by atoms with E-state index in [1.54, 1.807) is 31.8 Å². The van der Waals surface area contributed by atoms with Crippen molar-refractivity contribution in [1.82, 2.24) is 15.2 Å². The summed E-state index contributed by atoms with van der Waals surface area (Å²) in [7, 11) is -2.73. The monoisotopic (exact) mass is 415 g/mol. The first kappa shape index (κ1) is 20.9. The van der Waals surface area contributed by atoms with E-state index >= 15 is 0 Å². The number of rotatable bonds is 3. The molecule has 1 N–H and O–H groups in total. The van der Waals surface area contributed by atoms with E-state index in [2.05, 4.69) is 15.2 Å². The number of nitrogens with one attached hydrogen (secondary N) is 1. The molecule has 2 aromatic heterocycles. The summed E-state index contributed by atoms with van der Waals surface area (Å²) in [5, 5.41) is 8.37. The molecule has 0 aliphatic carbocycles. The van der Waals surface area contributed by atoms with Crippen molar-refractivity contribution in [2.75, 3.05) is 18.8 Å². The number of aryl methyl sites for hydroxylation is 2. The number of nitrogens with zero attached hydrogens (tertiary/aromatic N) is 2. The van der Waals surface area contributed by atoms with Crippen molar-refractivity contribution < 1.29 is 13.0 Å². The minimum Gasteiger partial charge on any atom is -0.426 e. The van der Waals surface area contributed by atoms with Crippen LogP contribution in [0.2, 0.25) is 0 Å². The third kappa shape index (κ3) is 4.98. The van der Waals surface area contributed by atoms with E-state index in [4.69, 9.17) is 4.42 Å². The first-order valence-corrected chi connectivity index (χ1v) is 12.5. The Balaban J connectivity index is 0.000000252. The molecule has 0 spiro atoms. The van der Waals surface area contributed by atoms with E-state index in [1.807, 2.05) is 37.4 Å². The van der Waals surface area contributed by atoms with Crippen molar-refractivity contribution in [1.29, 1.82) is 0 Å². The van der Waals surface area contributed by atoms with Gasteiger partial charge in [-0.3, -0.25) is 4.21 Å². The Hall–Kier alpha value is -2.80. The Bertz CT molecular complexity index is 1190. The molecule has 0 bridgehead atoms. The van der Waals surface area contributed by atoms with Crippen molar-refractivity contribution in [3.63, 3.8) is 0 Å². The Morgan fingerprint density at radius 3 is 2.28 bits per heavy atom. The van der Waals surface area contributed by atoms with Crippen LogP contribution < -0.4 is 0 Å². The van der Waals surface area contributed by atoms with Gasteiger partial charge in [-0.15, -0.1) is 10.2 Å². The number of halogens is 1. The number of hydrogen-bond acceptors (Lipinski definition) is 4. The molecule has 2 aromatic carbocycles. The van der Waals surface area contributed by atoms with Gasteiger partial charge >= 0.3 is 0 Å². The molecule has 0 saturated carbocycles. The molecule has 4 rings (SSSR count). The maximum absolute atomic E-state index is 13.2. The number of aromatic amines is 1. The van der Waals surface area contributed by atoms with Gasteiger partial charge in [-0.1, -0.05) is 28.1 Å². The molecular weight excluding hydrogens is 389 g/mol. The van der Waals surface area contributed by atoms with Gasteiger partial charge in [0.05, 0.1) is 0 Å². The zero-order valence-electron chi connectivity index (χ0n) is 17.3. The van der Waals surface area contributed by atoms with E-state index in [-0.39, 0.29) is 5.82 Å². The van der Waals surface area contributed by atoms with Crippen LogP contribution >= 0.6 is 0 Å². The lowest BCUT2D eigenvalue weighted by molar-refractivity contribution is 0.473. The number of fused-ring (bicyclic) bond motifs is 1. The highest BCUT2D eigenvalue weighted by molar-refractivity contribution is 8.18. The highest BCUT2D eigenvalue weighted by Crippen LogP contribution is 2.32. The maximum Gasteiger partial charge on any atom is 0.216 e. The lowest BCUT2D eigenvalue weighted by atomic mass is 10.1. The van der Waals surface area contributed by atoms with Gasteiger partial charge in [0.2, 0.25) is 11.8 Å². The summed E-state index contributed by atoms with van der Waals surface area (Å²) in [4.78, 5) is 3.93. The van der Waals surface area contributed by atoms with E-state index < -0.39 is 9.07 Å². The lowest BCUT2D eigenvalue weighted by Gasteiger charge is -2.29. The largest absolute Gasteiger partial charge is 0.426 e. The highest BCUT2D eigenvalue weighted by atomic mass is 32.3. The second-order valence-electron chi connectivity index (χ2n) is 7.91. The van der Waals surface area contributed by atoms with Crippen LogP contribution in [0, 0.1) is 12.7 Å². The third-order valence-electron chi connectivity index (χ3n) is 4.48. The molecule has 0 aliphatic heterocycles. The quantitative estimate of drug-likeness (QED) is 0.512. The average molecular weight is 416 g/mol. The van der Waals surface area contributed by atoms with Gasteiger partial charge in [0.25, 0.3) is 0 Å². The molecule has 7 heteroatoms. The summed E-state index contributed by atoms with van der Waals surface area (Å²) in [5.74, 6) is 1.10. The number of aromatic nitrogens is 3. The Morgan fingerprint density at radius 2 is 1.76 bits per heavy atom. The fourth-order valence-corrected chi connectivity index (χ4v) is 3.98. The molecule has 4 aromatic rings. The topological polar surface area (TPSA) is 71.8 Å². The predicted octanol–water partition coefficient (Wildman–Crippen LogP) is 4.98. The van der Waals surface area contributed by atoms with Crippen molar-refractivity contribution in [2.24, 2.45) is 0 Å². The van der Waals surface area contributed by atoms with Crippen molar-refractivity contribution in [3.8, 4) is 11.1 Å². The zero-order chi connectivity index (χ0) is 21.3. The number of hydrogen-bond donors (Lipinski definition) is 1. The first-order chi connectivity index (χ1) is 13.5. The van der Waals surface area contributed by atoms with Gasteiger partial charge in [-0.2, -0.15) is 0 Å². The molecule has 0 radical (unpaired) electrons. The summed E-state index contributed by atoms with van der Waals surface area (Å²) in [6, 6.07) is 12.5. The lowest BCUT2D eigenvalue weighted by Crippen LogP contribution is -2.27. The number of H-pyrrole nitrogens is 1. The molecule has 5 nitrogen and oxygen atoms in total. The van der Waals surface area contributed by atoms with E-state index in [1.165, 1.54) is 12.1 Å². The van der Waals surface area contributed by atoms with Crippen LogP contribution in [0.4, 0.5) is 4.39 Å². The normalized spacial score (nSPS) is 12.8. The standard InChI is InChI=1S/C17H18FNOS.C5H8N2O/c1-21(2,3,20)14-7-4-12(5-8-14)16-11-19-17-10-13(18)6-9-15(16)17;1-3-5-7-6-4(2)8-5/h4-11,19H,1-3H3;3H2,1-2H3. The fourth-order valence-electron chi connectivity index (χ4n) is 2.92. The van der Waals surface area contributed by atoms with Crippen molar-refractivity contribution in [2.45, 2.75) is 25.2 Å². The van der Waals surface area contributed by atoms with Gasteiger partial charge in [-0.05, 0) is 54.7 Å². The molecule has 0 atom stereocenters. The van der Waals surface area contributed by atoms with E-state index in [9.17, 15) is 8.60 Å². The van der Waals surface area contributed by atoms with E-state index in [0.29, 0.717) is 11.8 Å². The zero-order valence-corrected chi connectivity index (χ0v) is 18.1. The van der Waals surface area contributed by atoms with Gasteiger partial charge < -0.3 is 9.40 Å². The predicted molar refractivity (Wildman–Crippen MR) is 116 cm³/mol. The van der Waals surface area contributed by atoms with Gasteiger partial charge in [-0.25, -0.2) is 4.39 Å². The maximum atomic E-state index is 13.2. The Labute approximate surface area is 169 Å². The molecule has 2 heterocycles. The number of benzene rings is 2. The van der Waals surface area contributed by atoms with Crippen LogP contribution in [0.25, 0.3) is 22.0 Å². The molecule has 29 heavy (non-hydrogen) atoms. The van der Waals surface area contributed by atoms with Crippen LogP contribution in [0.3, 0.4) is 0 Å². The Kier molecular flexibility index (Phi) is 5.45. The summed E-state index contributed by atoms with van der Waals surface area (Å²) in [5.41, 5.74) is 2.81. The smallest absolute Gasteiger partial charge is 0.216 e. The second-order valence-corrected chi connectivity index (χ2v) is 13.2. The Morgan fingerprint density at radius 1 is 1.07 bits per heavy atom. The van der Waals surface area contributed by atoms with Crippen LogP contribution in [0.1, 0.15) is 18.7 Å². The van der Waals surface area contributed by atoms with Crippen LogP contribution in [0.15, 0.2) is 58.0 Å². The van der Waals surface area contributed by atoms with Gasteiger partial charge in [0.15, 0.2) is 0 Å². The third-order valence-corrected chi connectivity index (χ3v) is 6.36. The van der Waals surface area contributed by atoms with Crippen molar-refractivity contribution in [3.05, 3.63) is 66.3 Å². The summed E-state index contributed by atoms with van der Waals surface area (Å²) in [6.45, 7) is 3.76. The molecule has 0 amide bonds. The molecule has 0 saturated heterocycles. The summed E-state index contributed by atoms with van der Waals surface area (Å²) in [6.07, 6.45) is 8.03. The van der Waals surface area contributed by atoms with Crippen molar-refractivity contribution >= 4 is 20.0 Å². The fraction of sp³-hybridized carbons (Fsp3) is 0.273. The summed E-state index contributed by atoms with van der Waals surface area (Å²) < 4.78 is 30.8. The highest BCUT2D eigenvalue weighted by Gasteiger charge is 2.20. The molecule has 0 aliphatic rings. The second kappa shape index (κ2) is 7.55. The minimum atomic E-state index is -2.73. The van der Waals surface area contributed by atoms with Crippen LogP contribution in [0.5, 0.6) is 0 Å². The molecule has 0 unspecified atom stereocenters. The molecular formula is C22H26FN3O2S. The SMILES string of the molecule is CCc1nnc(C)o1.CS(C)(C)(=O)c1ccc(-c2c[nH]c3cc(F)ccc23)cc1. The van der Waals surface area contributed by atoms with Gasteiger partial charge in [0, 0.05) is 40.9 Å². The first-order valence-electron chi connectivity index (χ1n) is 9.29. The van der Waals surface area contributed by atoms with Crippen LogP contribution in [-0.2, 0) is 15.5 Å². The van der Waals surface area contributed by atoms with Gasteiger partial charge in [0.1, 0.15) is 5.82 Å². The minimum absolute atomic E-state index is 0.253. The van der Waals surface area contributed by atoms with E-state index in [0.717, 1.165) is 33.3 Å². The molecule has 0 fully saturated rings. The average Bonchev–Trinajstić information content (AvgIpc) is 3.26. The molecule has 154 valence electrons. The van der Waals surface area contributed by atoms with Crippen LogP contribution in [-0.4, -0.2) is 38.2 Å². The summed E-state index contributed by atoms with van der Waals surface area (Å²) >= 11 is 0.